The van der Waals surface area contributed by atoms with Gasteiger partial charge >= 0.3 is 0 Å². The number of para-hydroxylation sites is 1. The number of carbonyl (C=O) groups is 2. The van der Waals surface area contributed by atoms with E-state index in [0.29, 0.717) is 22.2 Å². The minimum Gasteiger partial charge on any atom is -0.450 e. The molecule has 0 saturated heterocycles. The van der Waals surface area contributed by atoms with Gasteiger partial charge in [0, 0.05) is 32.0 Å². The van der Waals surface area contributed by atoms with Crippen molar-refractivity contribution in [2.75, 3.05) is 32.2 Å². The number of methoxy groups -OCH3 is 1. The van der Waals surface area contributed by atoms with Crippen molar-refractivity contribution in [1.29, 1.82) is 0 Å². The molecule has 1 atom stereocenters. The van der Waals surface area contributed by atoms with Crippen LogP contribution in [0.1, 0.15) is 27.2 Å². The first-order valence-corrected chi connectivity index (χ1v) is 9.69. The quantitative estimate of drug-likeness (QED) is 0.670. The predicted octanol–water partition coefficient (Wildman–Crippen LogP) is 2.42. The summed E-state index contributed by atoms with van der Waals surface area (Å²) >= 11 is 0. The largest absolute Gasteiger partial charge is 0.450 e. The molecule has 0 saturated carbocycles. The molecule has 3 heterocycles. The Labute approximate surface area is 172 Å². The summed E-state index contributed by atoms with van der Waals surface area (Å²) in [5.74, 6) is -0.919. The standard InChI is InChI=1S/C23H20N2O5/c1-13-8-9-17-14(12-13)19(26)18-20(30-17)21(27)25(10-11-29-3)23(18)15-6-4-5-7-16(15)24(2)22(23)28/h4-9,12H,10-11H2,1-3H3/t23-/m0/s1. The van der Waals surface area contributed by atoms with Crippen LogP contribution in [0, 0.1) is 6.92 Å². The fourth-order valence-electron chi connectivity index (χ4n) is 4.69. The maximum atomic E-state index is 13.7. The average molecular weight is 404 g/mol. The zero-order valence-corrected chi connectivity index (χ0v) is 16.9. The second kappa shape index (κ2) is 6.27. The van der Waals surface area contributed by atoms with E-state index in [1.54, 1.807) is 31.3 Å². The molecular weight excluding hydrogens is 384 g/mol. The number of carbonyl (C=O) groups excluding carboxylic acids is 2. The number of amides is 2. The SMILES string of the molecule is COCCN1C(=O)c2oc3ccc(C)cc3c(=O)c2[C@@]12C(=O)N(C)c1ccccc12. The van der Waals surface area contributed by atoms with Crippen LogP contribution in [0.5, 0.6) is 0 Å². The van der Waals surface area contributed by atoms with Crippen LogP contribution >= 0.6 is 0 Å². The number of hydrogen-bond donors (Lipinski definition) is 0. The van der Waals surface area contributed by atoms with Crippen molar-refractivity contribution in [3.63, 3.8) is 0 Å². The van der Waals surface area contributed by atoms with Crippen LogP contribution in [0.2, 0.25) is 0 Å². The first kappa shape index (κ1) is 18.6. The van der Waals surface area contributed by atoms with Gasteiger partial charge in [0.15, 0.2) is 11.0 Å². The first-order chi connectivity index (χ1) is 14.4. The van der Waals surface area contributed by atoms with Crippen molar-refractivity contribution in [1.82, 2.24) is 4.90 Å². The minimum atomic E-state index is -1.56. The number of fused-ring (bicyclic) bond motifs is 5. The number of anilines is 1. The second-order valence-corrected chi connectivity index (χ2v) is 7.68. The summed E-state index contributed by atoms with van der Waals surface area (Å²) in [5, 5.41) is 0.356. The molecule has 2 aromatic carbocycles. The van der Waals surface area contributed by atoms with E-state index >= 15 is 0 Å². The summed E-state index contributed by atoms with van der Waals surface area (Å²) in [5.41, 5.74) is 0.641. The number of hydrogen-bond acceptors (Lipinski definition) is 5. The molecule has 2 aliphatic rings. The van der Waals surface area contributed by atoms with Gasteiger partial charge in [-0.15, -0.1) is 0 Å². The van der Waals surface area contributed by atoms with Crippen LogP contribution in [0.15, 0.2) is 51.7 Å². The summed E-state index contributed by atoms with van der Waals surface area (Å²) < 4.78 is 11.1. The average Bonchev–Trinajstić information content (AvgIpc) is 3.12. The highest BCUT2D eigenvalue weighted by Crippen LogP contribution is 2.51. The van der Waals surface area contributed by atoms with E-state index in [2.05, 4.69) is 0 Å². The van der Waals surface area contributed by atoms with Gasteiger partial charge in [0.05, 0.1) is 17.6 Å². The smallest absolute Gasteiger partial charge is 0.291 e. The van der Waals surface area contributed by atoms with Gasteiger partial charge in [-0.05, 0) is 25.1 Å². The molecule has 7 nitrogen and oxygen atoms in total. The first-order valence-electron chi connectivity index (χ1n) is 9.69. The summed E-state index contributed by atoms with van der Waals surface area (Å²) in [4.78, 5) is 43.8. The molecule has 0 bridgehead atoms. The van der Waals surface area contributed by atoms with E-state index in [9.17, 15) is 14.4 Å². The van der Waals surface area contributed by atoms with Crippen LogP contribution in [0.25, 0.3) is 11.0 Å². The molecule has 3 aromatic rings. The van der Waals surface area contributed by atoms with Gasteiger partial charge in [-0.2, -0.15) is 0 Å². The third-order valence-corrected chi connectivity index (χ3v) is 6.04. The molecule has 5 rings (SSSR count). The monoisotopic (exact) mass is 404 g/mol. The molecule has 0 N–H and O–H groups in total. The third kappa shape index (κ3) is 2.10. The van der Waals surface area contributed by atoms with E-state index in [1.807, 2.05) is 25.1 Å². The lowest BCUT2D eigenvalue weighted by Gasteiger charge is -2.33. The van der Waals surface area contributed by atoms with Crippen LogP contribution < -0.4 is 10.3 Å². The number of rotatable bonds is 3. The lowest BCUT2D eigenvalue weighted by Crippen LogP contribution is -2.53. The molecule has 1 spiro atoms. The van der Waals surface area contributed by atoms with E-state index in [4.69, 9.17) is 9.15 Å². The van der Waals surface area contributed by atoms with Gasteiger partial charge in [0.1, 0.15) is 5.58 Å². The van der Waals surface area contributed by atoms with Crippen LogP contribution in [-0.2, 0) is 15.1 Å². The summed E-state index contributed by atoms with van der Waals surface area (Å²) in [6, 6.07) is 12.5. The lowest BCUT2D eigenvalue weighted by atomic mass is 9.84. The zero-order chi connectivity index (χ0) is 21.2. The van der Waals surface area contributed by atoms with Crippen molar-refractivity contribution < 1.29 is 18.7 Å². The number of benzene rings is 2. The van der Waals surface area contributed by atoms with Crippen molar-refractivity contribution in [3.8, 4) is 0 Å². The predicted molar refractivity (Wildman–Crippen MR) is 111 cm³/mol. The Hall–Kier alpha value is -3.45. The normalized spacial score (nSPS) is 19.8. The van der Waals surface area contributed by atoms with Crippen LogP contribution in [-0.4, -0.2) is 44.0 Å². The topological polar surface area (TPSA) is 80.1 Å². The molecule has 30 heavy (non-hydrogen) atoms. The Balaban J connectivity index is 1.93. The minimum absolute atomic E-state index is 0.0779. The molecule has 0 fully saturated rings. The molecular formula is C23H20N2O5. The molecule has 1 aromatic heterocycles. The summed E-state index contributed by atoms with van der Waals surface area (Å²) in [6.07, 6.45) is 0. The van der Waals surface area contributed by atoms with Gasteiger partial charge < -0.3 is 19.0 Å². The maximum Gasteiger partial charge on any atom is 0.291 e. The Morgan fingerprint density at radius 3 is 2.63 bits per heavy atom. The fourth-order valence-corrected chi connectivity index (χ4v) is 4.69. The maximum absolute atomic E-state index is 13.7. The van der Waals surface area contributed by atoms with Gasteiger partial charge in [-0.25, -0.2) is 0 Å². The highest BCUT2D eigenvalue weighted by atomic mass is 16.5. The zero-order valence-electron chi connectivity index (χ0n) is 16.9. The van der Waals surface area contributed by atoms with Crippen molar-refractivity contribution >= 4 is 28.5 Å². The van der Waals surface area contributed by atoms with Crippen LogP contribution in [0.3, 0.4) is 0 Å². The number of likely N-dealkylation sites (N-methyl/N-ethyl adjacent to an activating group) is 1. The Kier molecular flexibility index (Phi) is 3.88. The Morgan fingerprint density at radius 2 is 1.87 bits per heavy atom. The molecule has 0 unspecified atom stereocenters. The highest BCUT2D eigenvalue weighted by Gasteiger charge is 2.64. The van der Waals surface area contributed by atoms with Gasteiger partial charge in [0.25, 0.3) is 11.8 Å². The summed E-state index contributed by atoms with van der Waals surface area (Å²) in [6.45, 7) is 2.23. The number of ether oxygens (including phenoxy) is 1. The third-order valence-electron chi connectivity index (χ3n) is 6.04. The lowest BCUT2D eigenvalue weighted by molar-refractivity contribution is -0.126. The number of aryl methyl sites for hydroxylation is 1. The Morgan fingerprint density at radius 1 is 1.10 bits per heavy atom. The molecule has 152 valence electrons. The van der Waals surface area contributed by atoms with Gasteiger partial charge in [-0.1, -0.05) is 29.8 Å². The molecule has 2 amide bonds. The van der Waals surface area contributed by atoms with Crippen LogP contribution in [0.4, 0.5) is 5.69 Å². The van der Waals surface area contributed by atoms with Crippen molar-refractivity contribution in [2.45, 2.75) is 12.5 Å². The fraction of sp³-hybridized carbons (Fsp3) is 0.261. The van der Waals surface area contributed by atoms with Gasteiger partial charge in [-0.3, -0.25) is 14.4 Å². The molecule has 2 aliphatic heterocycles. The van der Waals surface area contributed by atoms with E-state index in [0.717, 1.165) is 5.56 Å². The van der Waals surface area contributed by atoms with E-state index < -0.39 is 11.4 Å². The Bertz CT molecular complexity index is 1290. The highest BCUT2D eigenvalue weighted by molar-refractivity contribution is 6.16. The molecule has 0 radical (unpaired) electrons. The van der Waals surface area contributed by atoms with Gasteiger partial charge in [0.2, 0.25) is 5.76 Å². The number of nitrogens with zero attached hydrogens (tertiary/aromatic N) is 2. The van der Waals surface area contributed by atoms with E-state index in [-0.39, 0.29) is 35.8 Å². The van der Waals surface area contributed by atoms with Crippen molar-refractivity contribution in [2.24, 2.45) is 0 Å². The van der Waals surface area contributed by atoms with E-state index in [1.165, 1.54) is 16.9 Å². The van der Waals surface area contributed by atoms with Crippen molar-refractivity contribution in [3.05, 3.63) is 75.1 Å². The molecule has 0 aliphatic carbocycles. The summed E-state index contributed by atoms with van der Waals surface area (Å²) in [7, 11) is 3.18. The second-order valence-electron chi connectivity index (χ2n) is 7.68. The molecule has 7 heteroatoms.